The van der Waals surface area contributed by atoms with Crippen molar-refractivity contribution in [2.24, 2.45) is 0 Å². The molecular weight excluding hydrogens is 428 g/mol. The number of carbonyl (C=O) groups excluding carboxylic acids is 1. The van der Waals surface area contributed by atoms with E-state index in [4.69, 9.17) is 9.84 Å². The molecule has 0 bridgehead atoms. The number of esters is 1. The first kappa shape index (κ1) is 23.7. The van der Waals surface area contributed by atoms with Crippen LogP contribution in [0.2, 0.25) is 0 Å². The molecule has 180 valence electrons. The van der Waals surface area contributed by atoms with E-state index in [1.165, 1.54) is 11.1 Å². The molecule has 0 saturated carbocycles. The summed E-state index contributed by atoms with van der Waals surface area (Å²) >= 11 is 0. The molecule has 0 aliphatic heterocycles. The molecule has 1 aliphatic rings. The van der Waals surface area contributed by atoms with Crippen molar-refractivity contribution in [2.45, 2.75) is 65.6 Å². The predicted octanol–water partition coefficient (Wildman–Crippen LogP) is 4.11. The van der Waals surface area contributed by atoms with Gasteiger partial charge in [0.15, 0.2) is 5.82 Å². The normalized spacial score (nSPS) is 13.6. The number of hydrogen-bond acceptors (Lipinski definition) is 7. The molecule has 1 aromatic carbocycles. The molecule has 1 N–H and O–H groups in total. The molecule has 34 heavy (non-hydrogen) atoms. The van der Waals surface area contributed by atoms with Crippen LogP contribution in [0.15, 0.2) is 42.9 Å². The monoisotopic (exact) mass is 462 g/mol. The van der Waals surface area contributed by atoms with Crippen molar-refractivity contribution in [3.63, 3.8) is 0 Å². The van der Waals surface area contributed by atoms with Crippen molar-refractivity contribution in [2.75, 3.05) is 23.3 Å². The van der Waals surface area contributed by atoms with E-state index < -0.39 is 5.60 Å². The Bertz CT molecular complexity index is 1100. The van der Waals surface area contributed by atoms with E-state index in [1.54, 1.807) is 4.68 Å². The summed E-state index contributed by atoms with van der Waals surface area (Å²) in [6, 6.07) is 8.84. The minimum Gasteiger partial charge on any atom is -0.459 e. The maximum Gasteiger partial charge on any atom is 0.328 e. The first-order chi connectivity index (χ1) is 16.3. The number of fused-ring (bicyclic) bond motifs is 1. The van der Waals surface area contributed by atoms with Crippen LogP contribution in [0.1, 0.15) is 45.7 Å². The van der Waals surface area contributed by atoms with Gasteiger partial charge in [-0.1, -0.05) is 24.3 Å². The van der Waals surface area contributed by atoms with E-state index in [9.17, 15) is 4.79 Å². The molecule has 0 fully saturated rings. The summed E-state index contributed by atoms with van der Waals surface area (Å²) in [5, 5.41) is 8.16. The average molecular weight is 463 g/mol. The number of rotatable bonds is 8. The van der Waals surface area contributed by atoms with Crippen LogP contribution in [0, 0.1) is 0 Å². The van der Waals surface area contributed by atoms with E-state index in [0.29, 0.717) is 12.0 Å². The van der Waals surface area contributed by atoms with Gasteiger partial charge in [0.05, 0.1) is 0 Å². The summed E-state index contributed by atoms with van der Waals surface area (Å²) in [5.74, 6) is 1.11. The Hall–Kier alpha value is -3.42. The number of aromatic nitrogens is 4. The molecule has 2 heterocycles. The molecule has 2 aromatic heterocycles. The lowest BCUT2D eigenvalue weighted by atomic mass is 10.1. The van der Waals surface area contributed by atoms with Gasteiger partial charge in [-0.3, -0.25) is 9.48 Å². The second-order valence-electron chi connectivity index (χ2n) is 9.64. The van der Waals surface area contributed by atoms with Crippen molar-refractivity contribution in [3.05, 3.63) is 54.0 Å². The molecule has 0 spiro atoms. The van der Waals surface area contributed by atoms with Crippen molar-refractivity contribution in [1.82, 2.24) is 19.7 Å². The lowest BCUT2D eigenvalue weighted by Gasteiger charge is -2.20. The van der Waals surface area contributed by atoms with Crippen LogP contribution in [0.3, 0.4) is 0 Å². The molecular formula is C26H34N6O2. The Morgan fingerprint density at radius 2 is 1.74 bits per heavy atom. The standard InChI is InChI=1S/C26H34N6O2/c1-6-31(7-2)24-22(16-32(30-24)17-23(33)34-26(3,4)5)20-14-27-25(28-15-20)29-21-12-18-10-8-9-11-19(18)13-21/h8-11,14-16,21H,6-7,12-13,17H2,1-5H3,(H,27,28,29). The Balaban J connectivity index is 1.51. The fraction of sp³-hybridized carbons (Fsp3) is 0.462. The van der Waals surface area contributed by atoms with E-state index in [1.807, 2.05) is 39.4 Å². The molecule has 8 nitrogen and oxygen atoms in total. The molecule has 1 aliphatic carbocycles. The van der Waals surface area contributed by atoms with Crippen molar-refractivity contribution in [3.8, 4) is 11.1 Å². The molecule has 3 aromatic rings. The number of nitrogens with zero attached hydrogens (tertiary/aromatic N) is 5. The zero-order valence-electron chi connectivity index (χ0n) is 20.7. The molecule has 0 atom stereocenters. The van der Waals surface area contributed by atoms with Crippen LogP contribution in [0.5, 0.6) is 0 Å². The number of hydrogen-bond donors (Lipinski definition) is 1. The lowest BCUT2D eigenvalue weighted by Crippen LogP contribution is -2.27. The van der Waals surface area contributed by atoms with Crippen LogP contribution in [-0.2, 0) is 28.9 Å². The minimum atomic E-state index is -0.536. The Morgan fingerprint density at radius 1 is 1.12 bits per heavy atom. The number of ether oxygens (including phenoxy) is 1. The number of benzene rings is 1. The van der Waals surface area contributed by atoms with Gasteiger partial charge < -0.3 is 15.0 Å². The van der Waals surface area contributed by atoms with Gasteiger partial charge in [-0.05, 0) is 58.6 Å². The number of carbonyl (C=O) groups is 1. The van der Waals surface area contributed by atoms with Gasteiger partial charge in [-0.2, -0.15) is 5.10 Å². The SMILES string of the molecule is CCN(CC)c1nn(CC(=O)OC(C)(C)C)cc1-c1cnc(NC2Cc3ccccc3C2)nc1. The van der Waals surface area contributed by atoms with E-state index >= 15 is 0 Å². The van der Waals surface area contributed by atoms with Crippen molar-refractivity contribution in [1.29, 1.82) is 0 Å². The van der Waals surface area contributed by atoms with E-state index in [2.05, 4.69) is 58.3 Å². The zero-order chi connectivity index (χ0) is 24.3. The van der Waals surface area contributed by atoms with E-state index in [0.717, 1.165) is 42.9 Å². The van der Waals surface area contributed by atoms with Crippen LogP contribution >= 0.6 is 0 Å². The van der Waals surface area contributed by atoms with Gasteiger partial charge in [0.1, 0.15) is 12.1 Å². The fourth-order valence-corrected chi connectivity index (χ4v) is 4.34. The molecule has 8 heteroatoms. The second-order valence-corrected chi connectivity index (χ2v) is 9.64. The topological polar surface area (TPSA) is 85.2 Å². The highest BCUT2D eigenvalue weighted by Gasteiger charge is 2.23. The molecule has 0 radical (unpaired) electrons. The van der Waals surface area contributed by atoms with Crippen LogP contribution in [0.25, 0.3) is 11.1 Å². The Kier molecular flexibility index (Phi) is 6.86. The largest absolute Gasteiger partial charge is 0.459 e. The molecule has 0 unspecified atom stereocenters. The number of anilines is 2. The number of nitrogens with one attached hydrogen (secondary N) is 1. The third kappa shape index (κ3) is 5.55. The molecule has 0 saturated heterocycles. The van der Waals surface area contributed by atoms with Gasteiger partial charge in [0.25, 0.3) is 0 Å². The Labute approximate surface area is 201 Å². The summed E-state index contributed by atoms with van der Waals surface area (Å²) in [5.41, 5.74) is 3.99. The summed E-state index contributed by atoms with van der Waals surface area (Å²) in [6.07, 6.45) is 7.46. The van der Waals surface area contributed by atoms with Crippen LogP contribution in [0.4, 0.5) is 11.8 Å². The fourth-order valence-electron chi connectivity index (χ4n) is 4.34. The smallest absolute Gasteiger partial charge is 0.328 e. The second kappa shape index (κ2) is 9.83. The van der Waals surface area contributed by atoms with Crippen LogP contribution < -0.4 is 10.2 Å². The first-order valence-electron chi connectivity index (χ1n) is 12.0. The minimum absolute atomic E-state index is 0.0499. The lowest BCUT2D eigenvalue weighted by molar-refractivity contribution is -0.155. The van der Waals surface area contributed by atoms with Crippen LogP contribution in [-0.4, -0.2) is 50.5 Å². The van der Waals surface area contributed by atoms with E-state index in [-0.39, 0.29) is 12.5 Å². The summed E-state index contributed by atoms with van der Waals surface area (Å²) < 4.78 is 7.10. The van der Waals surface area contributed by atoms with Gasteiger partial charge in [0.2, 0.25) is 5.95 Å². The maximum atomic E-state index is 12.4. The molecule has 0 amide bonds. The zero-order valence-corrected chi connectivity index (χ0v) is 20.7. The highest BCUT2D eigenvalue weighted by molar-refractivity contribution is 5.76. The predicted molar refractivity (Wildman–Crippen MR) is 134 cm³/mol. The molecule has 4 rings (SSSR count). The third-order valence-electron chi connectivity index (χ3n) is 5.86. The summed E-state index contributed by atoms with van der Waals surface area (Å²) in [6.45, 7) is 11.4. The van der Waals surface area contributed by atoms with Gasteiger partial charge in [-0.15, -0.1) is 0 Å². The maximum absolute atomic E-state index is 12.4. The quantitative estimate of drug-likeness (QED) is 0.504. The first-order valence-corrected chi connectivity index (χ1v) is 12.0. The third-order valence-corrected chi connectivity index (χ3v) is 5.86. The average Bonchev–Trinajstić information content (AvgIpc) is 3.37. The van der Waals surface area contributed by atoms with Crippen molar-refractivity contribution >= 4 is 17.7 Å². The highest BCUT2D eigenvalue weighted by Crippen LogP contribution is 2.30. The highest BCUT2D eigenvalue weighted by atomic mass is 16.6. The van der Waals surface area contributed by atoms with Gasteiger partial charge >= 0.3 is 5.97 Å². The summed E-state index contributed by atoms with van der Waals surface area (Å²) in [4.78, 5) is 23.7. The van der Waals surface area contributed by atoms with Gasteiger partial charge in [-0.25, -0.2) is 9.97 Å². The van der Waals surface area contributed by atoms with Crippen molar-refractivity contribution < 1.29 is 9.53 Å². The summed E-state index contributed by atoms with van der Waals surface area (Å²) in [7, 11) is 0. The van der Waals surface area contributed by atoms with Gasteiger partial charge in [0, 0.05) is 48.8 Å². The Morgan fingerprint density at radius 3 is 2.29 bits per heavy atom.